The number of rotatable bonds is 20. The zero-order chi connectivity index (χ0) is 22.1. The van der Waals surface area contributed by atoms with Gasteiger partial charge in [-0.3, -0.25) is 0 Å². The van der Waals surface area contributed by atoms with E-state index in [2.05, 4.69) is 86.7 Å². The summed E-state index contributed by atoms with van der Waals surface area (Å²) >= 11 is 5.05. The van der Waals surface area contributed by atoms with Crippen LogP contribution in [0.1, 0.15) is 106 Å². The molecule has 5 heteroatoms. The summed E-state index contributed by atoms with van der Waals surface area (Å²) in [5.74, 6) is 1.53. The number of alkyl halides is 2. The Balaban J connectivity index is 4.51. The molecule has 0 aliphatic heterocycles. The van der Waals surface area contributed by atoms with Gasteiger partial charge in [-0.25, -0.2) is 0 Å². The molecule has 3 nitrogen and oxygen atoms in total. The molecule has 0 aromatic carbocycles. The molecule has 0 aromatic rings. The summed E-state index contributed by atoms with van der Waals surface area (Å²) in [7, 11) is 0. The molecule has 176 valence electrons. The molecule has 0 aromatic heterocycles. The third-order valence-electron chi connectivity index (χ3n) is 5.05. The van der Waals surface area contributed by atoms with Crippen molar-refractivity contribution in [1.29, 1.82) is 0 Å². The molecule has 0 aliphatic rings. The maximum absolute atomic E-state index is 6.33. The summed E-state index contributed by atoms with van der Waals surface area (Å²) < 4.78 is 19.9. The fourth-order valence-corrected chi connectivity index (χ4v) is 5.40. The topological polar surface area (TPSA) is 27.7 Å². The van der Waals surface area contributed by atoms with E-state index in [-0.39, 0.29) is 12.6 Å². The SMILES string of the molecule is CCCOC(CCCC(C)CC(C)I)OC(CCCC(C)CC(C)I)OCCC. The third-order valence-corrected chi connectivity index (χ3v) is 6.06. The first-order valence-corrected chi connectivity index (χ1v) is 14.4. The van der Waals surface area contributed by atoms with Crippen LogP contribution >= 0.6 is 45.2 Å². The highest BCUT2D eigenvalue weighted by molar-refractivity contribution is 14.1. The van der Waals surface area contributed by atoms with Crippen molar-refractivity contribution in [2.45, 2.75) is 126 Å². The summed E-state index contributed by atoms with van der Waals surface area (Å²) in [4.78, 5) is 0. The molecule has 0 N–H and O–H groups in total. The van der Waals surface area contributed by atoms with E-state index in [1.165, 1.54) is 25.7 Å². The second kappa shape index (κ2) is 20.0. The minimum atomic E-state index is -0.132. The molecule has 0 rings (SSSR count). The molecule has 0 fully saturated rings. The van der Waals surface area contributed by atoms with E-state index in [4.69, 9.17) is 14.2 Å². The molecule has 0 saturated heterocycles. The van der Waals surface area contributed by atoms with Crippen molar-refractivity contribution in [2.24, 2.45) is 11.8 Å². The average molecular weight is 638 g/mol. The second-order valence-electron chi connectivity index (χ2n) is 8.84. The Kier molecular flexibility index (Phi) is 20.9. The molecular formula is C24H48I2O3. The van der Waals surface area contributed by atoms with E-state index in [1.54, 1.807) is 0 Å². The normalized spacial score (nSPS) is 18.2. The Morgan fingerprint density at radius 1 is 0.621 bits per heavy atom. The van der Waals surface area contributed by atoms with E-state index in [9.17, 15) is 0 Å². The van der Waals surface area contributed by atoms with Crippen molar-refractivity contribution in [2.75, 3.05) is 13.2 Å². The minimum Gasteiger partial charge on any atom is -0.353 e. The van der Waals surface area contributed by atoms with E-state index < -0.39 is 0 Å². The number of hydrogen-bond donors (Lipinski definition) is 0. The van der Waals surface area contributed by atoms with Crippen LogP contribution in [0.5, 0.6) is 0 Å². The first-order valence-electron chi connectivity index (χ1n) is 11.9. The predicted molar refractivity (Wildman–Crippen MR) is 143 cm³/mol. The van der Waals surface area contributed by atoms with Crippen LogP contribution in [0.4, 0.5) is 0 Å². The van der Waals surface area contributed by atoms with E-state index in [0.29, 0.717) is 0 Å². The van der Waals surface area contributed by atoms with Crippen LogP contribution in [-0.4, -0.2) is 33.6 Å². The lowest BCUT2D eigenvalue weighted by atomic mass is 9.99. The van der Waals surface area contributed by atoms with Gasteiger partial charge >= 0.3 is 0 Å². The first kappa shape index (κ1) is 30.3. The van der Waals surface area contributed by atoms with Gasteiger partial charge in [0.1, 0.15) is 0 Å². The molecule has 6 unspecified atom stereocenters. The van der Waals surface area contributed by atoms with Crippen molar-refractivity contribution in [1.82, 2.24) is 0 Å². The van der Waals surface area contributed by atoms with Gasteiger partial charge in [0.2, 0.25) is 0 Å². The maximum atomic E-state index is 6.33. The number of ether oxygens (including phenoxy) is 3. The largest absolute Gasteiger partial charge is 0.353 e. The Morgan fingerprint density at radius 2 is 1.00 bits per heavy atom. The van der Waals surface area contributed by atoms with E-state index >= 15 is 0 Å². The Bertz CT molecular complexity index is 321. The minimum absolute atomic E-state index is 0.132. The standard InChI is InChI=1S/C24H48I2O3/c1-7-15-27-23(13-9-11-19(3)17-21(5)25)29-24(28-16-8-2)14-10-12-20(4)18-22(6)26/h19-24H,7-18H2,1-6H3. The Morgan fingerprint density at radius 3 is 1.31 bits per heavy atom. The fourth-order valence-electron chi connectivity index (χ4n) is 3.66. The molecule has 0 aliphatic carbocycles. The van der Waals surface area contributed by atoms with Gasteiger partial charge in [-0.15, -0.1) is 0 Å². The molecule has 0 radical (unpaired) electrons. The number of halogens is 2. The lowest BCUT2D eigenvalue weighted by Gasteiger charge is -2.26. The Hall–Kier alpha value is 1.34. The van der Waals surface area contributed by atoms with Crippen LogP contribution < -0.4 is 0 Å². The quantitative estimate of drug-likeness (QED) is 0.0760. The van der Waals surface area contributed by atoms with Crippen molar-refractivity contribution in [3.8, 4) is 0 Å². The fraction of sp³-hybridized carbons (Fsp3) is 1.00. The zero-order valence-electron chi connectivity index (χ0n) is 19.9. The molecule has 29 heavy (non-hydrogen) atoms. The predicted octanol–water partition coefficient (Wildman–Crippen LogP) is 8.55. The molecular weight excluding hydrogens is 590 g/mol. The van der Waals surface area contributed by atoms with Gasteiger partial charge < -0.3 is 14.2 Å². The van der Waals surface area contributed by atoms with Crippen LogP contribution in [0.15, 0.2) is 0 Å². The van der Waals surface area contributed by atoms with Crippen LogP contribution in [0.25, 0.3) is 0 Å². The number of hydrogen-bond acceptors (Lipinski definition) is 3. The van der Waals surface area contributed by atoms with Crippen molar-refractivity contribution in [3.63, 3.8) is 0 Å². The van der Waals surface area contributed by atoms with Crippen molar-refractivity contribution < 1.29 is 14.2 Å². The Labute approximate surface area is 209 Å². The summed E-state index contributed by atoms with van der Waals surface area (Å²) in [5.41, 5.74) is 0. The van der Waals surface area contributed by atoms with Crippen molar-refractivity contribution >= 4 is 45.2 Å². The van der Waals surface area contributed by atoms with Gasteiger partial charge in [0.25, 0.3) is 0 Å². The molecule has 0 spiro atoms. The van der Waals surface area contributed by atoms with Crippen LogP contribution in [0.2, 0.25) is 0 Å². The maximum Gasteiger partial charge on any atom is 0.160 e. The monoisotopic (exact) mass is 638 g/mol. The summed E-state index contributed by atoms with van der Waals surface area (Å²) in [6.45, 7) is 15.1. The molecule has 6 atom stereocenters. The first-order chi connectivity index (χ1) is 13.8. The van der Waals surface area contributed by atoms with Crippen LogP contribution in [0, 0.1) is 11.8 Å². The van der Waals surface area contributed by atoms with Crippen LogP contribution in [0.3, 0.4) is 0 Å². The average Bonchev–Trinajstić information content (AvgIpc) is 2.62. The molecule has 0 bridgehead atoms. The second-order valence-corrected chi connectivity index (χ2v) is 13.1. The lowest BCUT2D eigenvalue weighted by molar-refractivity contribution is -0.250. The van der Waals surface area contributed by atoms with Crippen LogP contribution in [-0.2, 0) is 14.2 Å². The highest BCUT2D eigenvalue weighted by Crippen LogP contribution is 2.23. The summed E-state index contributed by atoms with van der Waals surface area (Å²) in [6.07, 6.45) is 11.1. The van der Waals surface area contributed by atoms with E-state index in [0.717, 1.165) is 71.4 Å². The molecule has 0 amide bonds. The summed E-state index contributed by atoms with van der Waals surface area (Å²) in [5, 5.41) is 0. The third kappa shape index (κ3) is 19.7. The van der Waals surface area contributed by atoms with Gasteiger partial charge in [0.15, 0.2) is 12.6 Å². The van der Waals surface area contributed by atoms with Gasteiger partial charge in [-0.05, 0) is 63.2 Å². The van der Waals surface area contributed by atoms with Gasteiger partial charge in [-0.2, -0.15) is 0 Å². The smallest absolute Gasteiger partial charge is 0.160 e. The lowest BCUT2D eigenvalue weighted by Crippen LogP contribution is -2.28. The summed E-state index contributed by atoms with van der Waals surface area (Å²) in [6, 6.07) is 0. The highest BCUT2D eigenvalue weighted by Gasteiger charge is 2.19. The highest BCUT2D eigenvalue weighted by atomic mass is 127. The van der Waals surface area contributed by atoms with Gasteiger partial charge in [0.05, 0.1) is 0 Å². The zero-order valence-corrected chi connectivity index (χ0v) is 24.2. The van der Waals surface area contributed by atoms with Gasteiger partial charge in [-0.1, -0.05) is 99.6 Å². The van der Waals surface area contributed by atoms with E-state index in [1.807, 2.05) is 0 Å². The molecule has 0 saturated carbocycles. The van der Waals surface area contributed by atoms with Crippen molar-refractivity contribution in [3.05, 3.63) is 0 Å². The van der Waals surface area contributed by atoms with Gasteiger partial charge in [0, 0.05) is 21.1 Å². The molecule has 0 heterocycles.